The maximum Gasteiger partial charge on any atom is 1.00 e. The van der Waals surface area contributed by atoms with Crippen LogP contribution in [-0.4, -0.2) is 15.8 Å². The number of benzene rings is 1. The molecule has 0 fully saturated rings. The number of rotatable bonds is 2. The fourth-order valence-corrected chi connectivity index (χ4v) is 1.14. The second-order valence-corrected chi connectivity index (χ2v) is 3.05. The number of phenolic OH excluding ortho intramolecular Hbond substituents is 1. The molecule has 1 aromatic carbocycles. The first kappa shape index (κ1) is 15.0. The molecule has 0 unspecified atom stereocenters. The molecule has 0 radical (unpaired) electrons. The number of Topliss-reactive ketones (excluding diaryl/α,β-unsaturated/α-hetero) is 1. The van der Waals surface area contributed by atoms with Gasteiger partial charge in [0.05, 0.1) is 9.95 Å². The van der Waals surface area contributed by atoms with Gasteiger partial charge in [-0.2, -0.15) is 0 Å². The zero-order chi connectivity index (χ0) is 10.9. The topological polar surface area (TPSA) is 80.4 Å². The quantitative estimate of drug-likeness (QED) is 0.327. The third kappa shape index (κ3) is 3.51. The van der Waals surface area contributed by atoms with Crippen molar-refractivity contribution in [2.75, 3.05) is 0 Å². The van der Waals surface area contributed by atoms with E-state index in [1.165, 1.54) is 13.0 Å². The van der Waals surface area contributed by atoms with Gasteiger partial charge in [0, 0.05) is 11.6 Å². The van der Waals surface area contributed by atoms with E-state index in [4.69, 9.17) is 11.6 Å². The van der Waals surface area contributed by atoms with Crippen LogP contribution in [0.2, 0.25) is 5.02 Å². The maximum absolute atomic E-state index is 10.9. The summed E-state index contributed by atoms with van der Waals surface area (Å²) in [6, 6.07) is 2.18. The smallest absolute Gasteiger partial charge is 1.00 e. The zero-order valence-electron chi connectivity index (χ0n) is 9.15. The van der Waals surface area contributed by atoms with Gasteiger partial charge >= 0.3 is 57.1 Å². The van der Waals surface area contributed by atoms with Gasteiger partial charge in [0.15, 0.2) is 5.78 Å². The molecule has 0 aromatic heterocycles. The molecule has 1 N–H and O–H groups in total. The molecule has 0 saturated carbocycles. The van der Waals surface area contributed by atoms with Crippen molar-refractivity contribution in [3.05, 3.63) is 32.8 Å². The van der Waals surface area contributed by atoms with Crippen LogP contribution in [0.15, 0.2) is 12.1 Å². The Morgan fingerprint density at radius 2 is 2.13 bits per heavy atom. The number of phenols is 1. The molecule has 0 aliphatic heterocycles. The number of nitrogens with zero attached hydrogens (tertiary/aromatic N) is 1. The van der Waals surface area contributed by atoms with Crippen LogP contribution < -0.4 is 51.4 Å². The van der Waals surface area contributed by atoms with E-state index in [1.54, 1.807) is 0 Å². The van der Waals surface area contributed by atoms with Crippen molar-refractivity contribution in [1.29, 1.82) is 0 Å². The summed E-state index contributed by atoms with van der Waals surface area (Å²) in [7, 11) is 0. The van der Waals surface area contributed by atoms with Crippen molar-refractivity contribution >= 4 is 23.1 Å². The first-order chi connectivity index (χ1) is 6.43. The molecule has 0 spiro atoms. The summed E-state index contributed by atoms with van der Waals surface area (Å²) in [5, 5.41) is 19.4. The molecule has 15 heavy (non-hydrogen) atoms. The van der Waals surface area contributed by atoms with E-state index >= 15 is 0 Å². The molecule has 0 heterocycles. The molecule has 76 valence electrons. The number of nitro benzene ring substituents is 1. The van der Waals surface area contributed by atoms with Crippen LogP contribution in [0.25, 0.3) is 0 Å². The van der Waals surface area contributed by atoms with Crippen LogP contribution in [0.1, 0.15) is 18.7 Å². The average Bonchev–Trinajstić information content (AvgIpc) is 2.08. The van der Waals surface area contributed by atoms with Crippen molar-refractivity contribution in [1.82, 2.24) is 0 Å². The number of hydrogen-bond acceptors (Lipinski definition) is 4. The van der Waals surface area contributed by atoms with Gasteiger partial charge in [-0.3, -0.25) is 14.9 Å². The molecule has 0 bridgehead atoms. The SMILES string of the molecule is CC(=O)c1cc(Cl)c(O)c([N+](=O)[O-])c1.[H-].[K+]. The second-order valence-electron chi connectivity index (χ2n) is 2.64. The largest absolute Gasteiger partial charge is 1.00 e. The number of halogens is 1. The van der Waals surface area contributed by atoms with Crippen molar-refractivity contribution in [3.8, 4) is 5.75 Å². The first-order valence-corrected chi connectivity index (χ1v) is 3.99. The van der Waals surface area contributed by atoms with Gasteiger partial charge in [0.25, 0.3) is 0 Å². The summed E-state index contributed by atoms with van der Waals surface area (Å²) in [5.74, 6) is -0.975. The minimum atomic E-state index is -0.798. The van der Waals surface area contributed by atoms with E-state index < -0.39 is 16.4 Å². The van der Waals surface area contributed by atoms with Gasteiger partial charge < -0.3 is 6.53 Å². The van der Waals surface area contributed by atoms with Crippen molar-refractivity contribution < 1.29 is 67.6 Å². The van der Waals surface area contributed by atoms with Gasteiger partial charge in [0.1, 0.15) is 0 Å². The van der Waals surface area contributed by atoms with Crippen molar-refractivity contribution in [2.45, 2.75) is 6.92 Å². The molecule has 0 atom stereocenters. The fraction of sp³-hybridized carbons (Fsp3) is 0.125. The Kier molecular flexibility index (Phi) is 5.93. The molecule has 0 aliphatic rings. The Morgan fingerprint density at radius 3 is 2.53 bits per heavy atom. The summed E-state index contributed by atoms with van der Waals surface area (Å²) < 4.78 is 0. The van der Waals surface area contributed by atoms with E-state index in [0.29, 0.717) is 0 Å². The van der Waals surface area contributed by atoms with Gasteiger partial charge in [-0.15, -0.1) is 0 Å². The van der Waals surface area contributed by atoms with E-state index in [9.17, 15) is 20.0 Å². The monoisotopic (exact) mass is 255 g/mol. The number of aromatic hydroxyl groups is 1. The molecular weight excluding hydrogens is 249 g/mol. The fourth-order valence-electron chi connectivity index (χ4n) is 0.927. The molecule has 0 amide bonds. The zero-order valence-corrected chi connectivity index (χ0v) is 12.0. The second kappa shape index (κ2) is 5.93. The maximum atomic E-state index is 10.9. The van der Waals surface area contributed by atoms with E-state index in [-0.39, 0.29) is 69.2 Å². The van der Waals surface area contributed by atoms with Crippen LogP contribution >= 0.6 is 11.6 Å². The number of carbonyl (C=O) groups is 1. The Balaban J connectivity index is 0. The minimum Gasteiger partial charge on any atom is -1.00 e. The van der Waals surface area contributed by atoms with E-state index in [2.05, 4.69) is 0 Å². The molecule has 7 heteroatoms. The molecular formula is C8H7ClKNO4. The Labute approximate surface area is 134 Å². The van der Waals surface area contributed by atoms with Crippen molar-refractivity contribution in [3.63, 3.8) is 0 Å². The molecule has 1 aromatic rings. The molecule has 1 rings (SSSR count). The van der Waals surface area contributed by atoms with Crippen LogP contribution in [0.5, 0.6) is 5.75 Å². The summed E-state index contributed by atoms with van der Waals surface area (Å²) in [5.41, 5.74) is -0.470. The number of ketones is 1. The minimum absolute atomic E-state index is 0. The standard InChI is InChI=1S/C8H6ClNO4.K.H/c1-4(11)5-2-6(9)8(12)7(3-5)10(13)14;;/h2-3,12H,1H3;;/q;+1;-1. The Hall–Kier alpha value is 0.0164. The first-order valence-electron chi connectivity index (χ1n) is 3.61. The molecule has 5 nitrogen and oxygen atoms in total. The van der Waals surface area contributed by atoms with Crippen molar-refractivity contribution in [2.24, 2.45) is 0 Å². The third-order valence-corrected chi connectivity index (χ3v) is 1.93. The number of hydrogen-bond donors (Lipinski definition) is 1. The van der Waals surface area contributed by atoms with E-state index in [1.807, 2.05) is 0 Å². The Bertz CT molecular complexity index is 427. The van der Waals surface area contributed by atoms with Crippen LogP contribution in [0.4, 0.5) is 5.69 Å². The van der Waals surface area contributed by atoms with Gasteiger partial charge in [0.2, 0.25) is 5.75 Å². The third-order valence-electron chi connectivity index (χ3n) is 1.65. The normalized spacial score (nSPS) is 9.20. The predicted octanol–water partition coefficient (Wildman–Crippen LogP) is -0.727. The van der Waals surface area contributed by atoms with Gasteiger partial charge in [-0.25, -0.2) is 0 Å². The number of carbonyl (C=O) groups excluding carboxylic acids is 1. The van der Waals surface area contributed by atoms with Gasteiger partial charge in [-0.1, -0.05) is 11.6 Å². The van der Waals surface area contributed by atoms with Crippen LogP contribution in [0.3, 0.4) is 0 Å². The average molecular weight is 256 g/mol. The van der Waals surface area contributed by atoms with E-state index in [0.717, 1.165) is 6.07 Å². The summed E-state index contributed by atoms with van der Waals surface area (Å²) >= 11 is 5.50. The summed E-state index contributed by atoms with van der Waals surface area (Å²) in [4.78, 5) is 20.5. The summed E-state index contributed by atoms with van der Waals surface area (Å²) in [6.45, 7) is 1.26. The summed E-state index contributed by atoms with van der Waals surface area (Å²) in [6.07, 6.45) is 0. The van der Waals surface area contributed by atoms with Crippen LogP contribution in [0, 0.1) is 10.1 Å². The molecule has 0 aliphatic carbocycles. The molecule has 0 saturated heterocycles. The number of nitro groups is 1. The van der Waals surface area contributed by atoms with Gasteiger partial charge in [-0.05, 0) is 13.0 Å². The Morgan fingerprint density at radius 1 is 1.60 bits per heavy atom. The van der Waals surface area contributed by atoms with Crippen LogP contribution in [-0.2, 0) is 0 Å². The predicted molar refractivity (Wildman–Crippen MR) is 50.9 cm³/mol.